The van der Waals surface area contributed by atoms with Gasteiger partial charge in [0, 0.05) is 19.3 Å². The van der Waals surface area contributed by atoms with E-state index in [4.69, 9.17) is 9.47 Å². The summed E-state index contributed by atoms with van der Waals surface area (Å²) in [6.07, 6.45) is 4.41. The molecule has 0 saturated carbocycles. The largest absolute Gasteiger partial charge is 0.492 e. The van der Waals surface area contributed by atoms with Gasteiger partial charge in [-0.15, -0.1) is 0 Å². The van der Waals surface area contributed by atoms with Crippen LogP contribution in [0.25, 0.3) is 0 Å². The fourth-order valence-corrected chi connectivity index (χ4v) is 4.50. The number of aliphatic hydroxyl groups is 1. The second-order valence-electron chi connectivity index (χ2n) is 9.62. The summed E-state index contributed by atoms with van der Waals surface area (Å²) >= 11 is 0. The normalized spacial score (nSPS) is 19.1. The molecule has 1 saturated heterocycles. The van der Waals surface area contributed by atoms with Gasteiger partial charge in [-0.25, -0.2) is 0 Å². The molecule has 0 bridgehead atoms. The molecule has 1 atom stereocenters. The highest BCUT2D eigenvalue weighted by atomic mass is 16.5. The van der Waals surface area contributed by atoms with Crippen LogP contribution in [-0.4, -0.2) is 51.7 Å². The molecule has 1 N–H and O–H groups in total. The topological polar surface area (TPSA) is 59.8 Å². The van der Waals surface area contributed by atoms with E-state index >= 15 is 0 Å². The highest BCUT2D eigenvalue weighted by Crippen LogP contribution is 2.26. The van der Waals surface area contributed by atoms with Crippen LogP contribution in [0.5, 0.6) is 11.5 Å². The third-order valence-corrected chi connectivity index (χ3v) is 6.53. The van der Waals surface area contributed by atoms with Crippen molar-refractivity contribution >= 4 is 0 Å². The van der Waals surface area contributed by atoms with Gasteiger partial charge in [-0.05, 0) is 82.0 Å². The van der Waals surface area contributed by atoms with Crippen molar-refractivity contribution in [3.63, 3.8) is 0 Å². The number of aromatic nitrogens is 2. The van der Waals surface area contributed by atoms with Gasteiger partial charge in [-0.2, -0.15) is 5.10 Å². The van der Waals surface area contributed by atoms with Crippen LogP contribution in [0.3, 0.4) is 0 Å². The Balaban J connectivity index is 1.23. The second kappa shape index (κ2) is 11.1. The van der Waals surface area contributed by atoms with Crippen molar-refractivity contribution in [1.29, 1.82) is 0 Å². The van der Waals surface area contributed by atoms with E-state index in [0.717, 1.165) is 61.8 Å². The molecule has 0 spiro atoms. The molecular formula is C28H37N3O3. The number of nitrogens with zero attached hydrogens (tertiary/aromatic N) is 3. The van der Waals surface area contributed by atoms with E-state index in [2.05, 4.69) is 48.1 Å². The number of likely N-dealkylation sites (tertiary alicyclic amines) is 1. The van der Waals surface area contributed by atoms with E-state index in [1.165, 1.54) is 11.1 Å². The van der Waals surface area contributed by atoms with E-state index in [1.807, 2.05) is 42.1 Å². The van der Waals surface area contributed by atoms with Crippen LogP contribution in [0.15, 0.2) is 54.7 Å². The van der Waals surface area contributed by atoms with Crippen molar-refractivity contribution in [2.24, 2.45) is 0 Å². The summed E-state index contributed by atoms with van der Waals surface area (Å²) in [6.45, 7) is 10.5. The number of hydrogen-bond acceptors (Lipinski definition) is 5. The summed E-state index contributed by atoms with van der Waals surface area (Å²) in [5, 5.41) is 15.5. The maximum absolute atomic E-state index is 11.2. The van der Waals surface area contributed by atoms with Crippen molar-refractivity contribution in [2.45, 2.75) is 58.7 Å². The number of aryl methyl sites for hydroxylation is 3. The first-order chi connectivity index (χ1) is 16.4. The van der Waals surface area contributed by atoms with E-state index in [0.29, 0.717) is 19.6 Å². The molecule has 0 amide bonds. The molecule has 0 radical (unpaired) electrons. The lowest BCUT2D eigenvalue weighted by atomic mass is 9.96. The highest BCUT2D eigenvalue weighted by Gasteiger charge is 2.31. The Kier molecular flexibility index (Phi) is 7.91. The van der Waals surface area contributed by atoms with Gasteiger partial charge in [0.2, 0.25) is 0 Å². The molecule has 1 aromatic heterocycles. The lowest BCUT2D eigenvalue weighted by Crippen LogP contribution is -2.37. The Bertz CT molecular complexity index is 1060. The van der Waals surface area contributed by atoms with E-state index in [1.54, 1.807) is 0 Å². The zero-order chi connectivity index (χ0) is 24.0. The van der Waals surface area contributed by atoms with Crippen LogP contribution >= 0.6 is 0 Å². The van der Waals surface area contributed by atoms with Gasteiger partial charge < -0.3 is 14.6 Å². The fourth-order valence-electron chi connectivity index (χ4n) is 4.50. The molecule has 34 heavy (non-hydrogen) atoms. The van der Waals surface area contributed by atoms with Gasteiger partial charge in [-0.1, -0.05) is 29.8 Å². The first kappa shape index (κ1) is 24.3. The molecule has 2 aromatic carbocycles. The quantitative estimate of drug-likeness (QED) is 0.499. The third-order valence-electron chi connectivity index (χ3n) is 6.53. The smallest absolute Gasteiger partial charge is 0.122 e. The molecule has 0 aliphatic carbocycles. The summed E-state index contributed by atoms with van der Waals surface area (Å²) in [6, 6.07) is 16.5. The van der Waals surface area contributed by atoms with Gasteiger partial charge >= 0.3 is 0 Å². The van der Waals surface area contributed by atoms with Crippen LogP contribution in [0.4, 0.5) is 0 Å². The molecule has 3 aromatic rings. The molecule has 4 rings (SSSR count). The Hall–Kier alpha value is -2.83. The minimum absolute atomic E-state index is 0.342. The minimum atomic E-state index is -0.781. The van der Waals surface area contributed by atoms with Crippen molar-refractivity contribution in [2.75, 3.05) is 26.3 Å². The van der Waals surface area contributed by atoms with Crippen LogP contribution in [0, 0.1) is 20.8 Å². The van der Waals surface area contributed by atoms with Gasteiger partial charge in [0.25, 0.3) is 0 Å². The molecule has 6 heteroatoms. The van der Waals surface area contributed by atoms with Crippen LogP contribution < -0.4 is 9.47 Å². The molecular weight excluding hydrogens is 426 g/mol. The average Bonchev–Trinajstić information content (AvgIpc) is 3.13. The number of hydrogen-bond donors (Lipinski definition) is 1. The Morgan fingerprint density at radius 2 is 1.79 bits per heavy atom. The minimum Gasteiger partial charge on any atom is -0.492 e. The summed E-state index contributed by atoms with van der Waals surface area (Å²) in [4.78, 5) is 2.42. The van der Waals surface area contributed by atoms with Crippen molar-refractivity contribution in [3.8, 4) is 11.5 Å². The summed E-state index contributed by atoms with van der Waals surface area (Å²) in [5.41, 5.74) is 3.83. The molecule has 1 fully saturated rings. The van der Waals surface area contributed by atoms with Crippen LogP contribution in [-0.2, 0) is 13.1 Å². The fraction of sp³-hybridized carbons (Fsp3) is 0.464. The van der Waals surface area contributed by atoms with Crippen molar-refractivity contribution < 1.29 is 14.6 Å². The standard InChI is InChI=1S/C28H37N3O3/c1-22-5-10-27(23(2)19-22)34-21-28(32)12-4-14-30(16-13-28)20-25-6-8-26(9-7-25)33-18-17-31-15-11-24(3)29-31/h5-11,15,19,32H,4,12-14,16-18,20-21H2,1-3H3/t28-/m0/s1. The Morgan fingerprint density at radius 1 is 0.971 bits per heavy atom. The van der Waals surface area contributed by atoms with Gasteiger partial charge in [-0.3, -0.25) is 9.58 Å². The number of benzene rings is 2. The predicted octanol–water partition coefficient (Wildman–Crippen LogP) is 4.68. The molecule has 1 aliphatic heterocycles. The Labute approximate surface area is 203 Å². The number of rotatable bonds is 9. The molecule has 6 nitrogen and oxygen atoms in total. The molecule has 182 valence electrons. The third kappa shape index (κ3) is 6.84. The SMILES string of the molecule is Cc1ccc(OC[C@]2(O)CCCN(Cc3ccc(OCCn4ccc(C)n4)cc3)CC2)c(C)c1. The molecule has 2 heterocycles. The maximum Gasteiger partial charge on any atom is 0.122 e. The van der Waals surface area contributed by atoms with Crippen molar-refractivity contribution in [3.05, 3.63) is 77.1 Å². The molecule has 0 unspecified atom stereocenters. The maximum atomic E-state index is 11.2. The van der Waals surface area contributed by atoms with E-state index in [-0.39, 0.29) is 0 Å². The zero-order valence-corrected chi connectivity index (χ0v) is 20.7. The monoisotopic (exact) mass is 463 g/mol. The van der Waals surface area contributed by atoms with Gasteiger partial charge in [0.15, 0.2) is 0 Å². The zero-order valence-electron chi connectivity index (χ0n) is 20.7. The highest BCUT2D eigenvalue weighted by molar-refractivity contribution is 5.35. The van der Waals surface area contributed by atoms with Gasteiger partial charge in [0.05, 0.1) is 17.8 Å². The average molecular weight is 464 g/mol. The van der Waals surface area contributed by atoms with Gasteiger partial charge in [0.1, 0.15) is 24.7 Å². The van der Waals surface area contributed by atoms with E-state index < -0.39 is 5.60 Å². The Morgan fingerprint density at radius 3 is 2.53 bits per heavy atom. The lowest BCUT2D eigenvalue weighted by Gasteiger charge is -2.27. The second-order valence-corrected chi connectivity index (χ2v) is 9.62. The predicted molar refractivity (Wildman–Crippen MR) is 134 cm³/mol. The van der Waals surface area contributed by atoms with E-state index in [9.17, 15) is 5.11 Å². The summed E-state index contributed by atoms with van der Waals surface area (Å²) in [5.74, 6) is 1.74. The first-order valence-corrected chi connectivity index (χ1v) is 12.3. The summed E-state index contributed by atoms with van der Waals surface area (Å²) in [7, 11) is 0. The van der Waals surface area contributed by atoms with Crippen molar-refractivity contribution in [1.82, 2.24) is 14.7 Å². The summed E-state index contributed by atoms with van der Waals surface area (Å²) < 4.78 is 13.8. The van der Waals surface area contributed by atoms with Crippen LogP contribution in [0.2, 0.25) is 0 Å². The molecule has 1 aliphatic rings. The lowest BCUT2D eigenvalue weighted by molar-refractivity contribution is -0.0170. The van der Waals surface area contributed by atoms with Crippen LogP contribution in [0.1, 0.15) is 41.6 Å². The first-order valence-electron chi connectivity index (χ1n) is 12.3. The number of ether oxygens (including phenoxy) is 2.